The maximum Gasteiger partial charge on any atom is 0.248 e. The molecule has 2 rings (SSSR count). The number of nitrogens with one attached hydrogen (secondary N) is 1. The van der Waals surface area contributed by atoms with Crippen LogP contribution in [-0.2, 0) is 16.1 Å². The van der Waals surface area contributed by atoms with Crippen LogP contribution in [0.2, 0.25) is 0 Å². The number of H-pyrrole nitrogens is 1. The molecule has 0 unspecified atom stereocenters. The molecule has 8 heteroatoms. The highest BCUT2D eigenvalue weighted by molar-refractivity contribution is 5.77. The lowest BCUT2D eigenvalue weighted by atomic mass is 10.3. The lowest BCUT2D eigenvalue weighted by molar-refractivity contribution is -0.137. The van der Waals surface area contributed by atoms with Crippen LogP contribution in [0.5, 0.6) is 0 Å². The highest BCUT2D eigenvalue weighted by Gasteiger charge is 2.24. The van der Waals surface area contributed by atoms with Crippen LogP contribution in [0.4, 0.5) is 0 Å². The summed E-state index contributed by atoms with van der Waals surface area (Å²) in [4.78, 5) is 15.8. The minimum Gasteiger partial charge on any atom is -0.390 e. The first-order valence-corrected chi connectivity index (χ1v) is 7.29. The molecule has 118 valence electrons. The van der Waals surface area contributed by atoms with Crippen molar-refractivity contribution in [2.24, 2.45) is 0 Å². The zero-order chi connectivity index (χ0) is 15.1. The van der Waals surface area contributed by atoms with E-state index in [2.05, 4.69) is 20.3 Å². The molecule has 1 aromatic heterocycles. The molecule has 0 aromatic carbocycles. The molecule has 1 amide bonds. The molecule has 1 saturated heterocycles. The van der Waals surface area contributed by atoms with E-state index in [1.807, 2.05) is 6.92 Å². The predicted molar refractivity (Wildman–Crippen MR) is 75.4 cm³/mol. The molecule has 1 aromatic rings. The average Bonchev–Trinajstić information content (AvgIpc) is 2.88. The number of rotatable bonds is 6. The Kier molecular flexibility index (Phi) is 6.09. The summed E-state index contributed by atoms with van der Waals surface area (Å²) in [6.07, 6.45) is 2.00. The second-order valence-electron chi connectivity index (χ2n) is 5.24. The van der Waals surface area contributed by atoms with E-state index < -0.39 is 6.10 Å². The SMILES string of the molecule is CCCOCC(=O)N1CCN(Cc2cn[nH]n2)C[C@H](O)C1. The van der Waals surface area contributed by atoms with E-state index in [4.69, 9.17) is 4.74 Å². The van der Waals surface area contributed by atoms with Crippen molar-refractivity contribution >= 4 is 5.91 Å². The number of β-amino-alcohol motifs (C(OH)–C–C–N with tert-alkyl or cyclic N) is 1. The molecule has 1 atom stereocenters. The number of ether oxygens (including phenoxy) is 1. The first kappa shape index (κ1) is 15.9. The lowest BCUT2D eigenvalue weighted by Gasteiger charge is -2.21. The summed E-state index contributed by atoms with van der Waals surface area (Å²) < 4.78 is 5.28. The van der Waals surface area contributed by atoms with Gasteiger partial charge in [-0.15, -0.1) is 0 Å². The summed E-state index contributed by atoms with van der Waals surface area (Å²) in [5.74, 6) is -0.0641. The van der Waals surface area contributed by atoms with Gasteiger partial charge in [0.05, 0.1) is 18.0 Å². The van der Waals surface area contributed by atoms with E-state index >= 15 is 0 Å². The minimum atomic E-state index is -0.561. The van der Waals surface area contributed by atoms with E-state index in [0.717, 1.165) is 12.1 Å². The number of hydrogen-bond donors (Lipinski definition) is 2. The van der Waals surface area contributed by atoms with Crippen LogP contribution in [0, 0.1) is 0 Å². The van der Waals surface area contributed by atoms with Gasteiger partial charge < -0.3 is 14.7 Å². The van der Waals surface area contributed by atoms with Gasteiger partial charge in [-0.3, -0.25) is 9.69 Å². The fraction of sp³-hybridized carbons (Fsp3) is 0.769. The predicted octanol–water partition coefficient (Wildman–Crippen LogP) is -0.764. The van der Waals surface area contributed by atoms with Crippen LogP contribution in [0.3, 0.4) is 0 Å². The smallest absolute Gasteiger partial charge is 0.248 e. The van der Waals surface area contributed by atoms with E-state index in [0.29, 0.717) is 39.3 Å². The highest BCUT2D eigenvalue weighted by Crippen LogP contribution is 2.08. The average molecular weight is 297 g/mol. The normalized spacial score (nSPS) is 20.5. The van der Waals surface area contributed by atoms with Crippen LogP contribution < -0.4 is 0 Å². The van der Waals surface area contributed by atoms with Crippen LogP contribution in [0.25, 0.3) is 0 Å². The Hall–Kier alpha value is -1.51. The quantitative estimate of drug-likeness (QED) is 0.670. The number of nitrogens with zero attached hydrogens (tertiary/aromatic N) is 4. The van der Waals surface area contributed by atoms with Gasteiger partial charge in [-0.1, -0.05) is 6.92 Å². The molecule has 0 spiro atoms. The molecule has 0 saturated carbocycles. The van der Waals surface area contributed by atoms with Gasteiger partial charge in [-0.2, -0.15) is 15.4 Å². The number of aliphatic hydroxyl groups excluding tert-OH is 1. The van der Waals surface area contributed by atoms with E-state index in [1.54, 1.807) is 11.1 Å². The van der Waals surface area contributed by atoms with Crippen molar-refractivity contribution in [3.05, 3.63) is 11.9 Å². The summed E-state index contributed by atoms with van der Waals surface area (Å²) in [6, 6.07) is 0. The second-order valence-corrected chi connectivity index (χ2v) is 5.24. The monoisotopic (exact) mass is 297 g/mol. The van der Waals surface area contributed by atoms with Gasteiger partial charge in [0, 0.05) is 39.3 Å². The molecule has 2 heterocycles. The van der Waals surface area contributed by atoms with Gasteiger partial charge in [0.1, 0.15) is 6.61 Å². The van der Waals surface area contributed by atoms with E-state index in [1.165, 1.54) is 0 Å². The topological polar surface area (TPSA) is 94.6 Å². The van der Waals surface area contributed by atoms with E-state index in [-0.39, 0.29) is 12.5 Å². The van der Waals surface area contributed by atoms with Gasteiger partial charge in [-0.25, -0.2) is 0 Å². The van der Waals surface area contributed by atoms with Crippen molar-refractivity contribution in [3.63, 3.8) is 0 Å². The van der Waals surface area contributed by atoms with Crippen LogP contribution in [-0.4, -0.2) is 81.7 Å². The van der Waals surface area contributed by atoms with Gasteiger partial charge in [0.15, 0.2) is 0 Å². The lowest BCUT2D eigenvalue weighted by Crippen LogP contribution is -2.39. The summed E-state index contributed by atoms with van der Waals surface area (Å²) in [7, 11) is 0. The van der Waals surface area contributed by atoms with Crippen LogP contribution in [0.1, 0.15) is 19.0 Å². The third kappa shape index (κ3) is 5.07. The molecule has 1 aliphatic heterocycles. The summed E-state index contributed by atoms with van der Waals surface area (Å²) >= 11 is 0. The fourth-order valence-electron chi connectivity index (χ4n) is 2.35. The summed E-state index contributed by atoms with van der Waals surface area (Å²) in [6.45, 7) is 5.44. The second kappa shape index (κ2) is 8.06. The van der Waals surface area contributed by atoms with Crippen molar-refractivity contribution in [1.29, 1.82) is 0 Å². The first-order valence-electron chi connectivity index (χ1n) is 7.29. The van der Waals surface area contributed by atoms with Crippen molar-refractivity contribution in [3.8, 4) is 0 Å². The van der Waals surface area contributed by atoms with E-state index in [9.17, 15) is 9.90 Å². The Bertz CT molecular complexity index is 425. The molecule has 2 N–H and O–H groups in total. The Balaban J connectivity index is 1.83. The molecule has 0 aliphatic carbocycles. The number of carbonyl (C=O) groups is 1. The summed E-state index contributed by atoms with van der Waals surface area (Å²) in [5, 5.41) is 20.4. The number of amides is 1. The Morgan fingerprint density at radius 1 is 1.52 bits per heavy atom. The van der Waals surface area contributed by atoms with Gasteiger partial charge in [0.25, 0.3) is 0 Å². The molecule has 21 heavy (non-hydrogen) atoms. The summed E-state index contributed by atoms with van der Waals surface area (Å²) in [5.41, 5.74) is 0.827. The largest absolute Gasteiger partial charge is 0.390 e. The third-order valence-corrected chi connectivity index (χ3v) is 3.36. The maximum atomic E-state index is 12.0. The standard InChI is InChI=1S/C13H23N5O3/c1-2-5-21-10-13(20)18-4-3-17(8-12(19)9-18)7-11-6-14-16-15-11/h6,12,19H,2-5,7-10H2,1H3,(H,14,15,16)/t12-/m0/s1. The third-order valence-electron chi connectivity index (χ3n) is 3.36. The Morgan fingerprint density at radius 2 is 2.38 bits per heavy atom. The number of aromatic amines is 1. The molecule has 0 radical (unpaired) electrons. The van der Waals surface area contributed by atoms with Crippen LogP contribution >= 0.6 is 0 Å². The highest BCUT2D eigenvalue weighted by atomic mass is 16.5. The van der Waals surface area contributed by atoms with Crippen molar-refractivity contribution < 1.29 is 14.6 Å². The fourth-order valence-corrected chi connectivity index (χ4v) is 2.35. The Labute approximate surface area is 124 Å². The van der Waals surface area contributed by atoms with Gasteiger partial charge in [0.2, 0.25) is 5.91 Å². The zero-order valence-corrected chi connectivity index (χ0v) is 12.4. The first-order chi connectivity index (χ1) is 10.2. The minimum absolute atomic E-state index is 0.0641. The van der Waals surface area contributed by atoms with Crippen molar-refractivity contribution in [1.82, 2.24) is 25.2 Å². The number of carbonyl (C=O) groups excluding carboxylic acids is 1. The zero-order valence-electron chi connectivity index (χ0n) is 12.4. The van der Waals surface area contributed by atoms with Gasteiger partial charge >= 0.3 is 0 Å². The molecule has 1 fully saturated rings. The number of aliphatic hydroxyl groups is 1. The number of hydrogen-bond acceptors (Lipinski definition) is 6. The molecular formula is C13H23N5O3. The van der Waals surface area contributed by atoms with Gasteiger partial charge in [-0.05, 0) is 6.42 Å². The molecular weight excluding hydrogens is 274 g/mol. The molecule has 0 bridgehead atoms. The molecule has 1 aliphatic rings. The van der Waals surface area contributed by atoms with Crippen molar-refractivity contribution in [2.45, 2.75) is 26.0 Å². The maximum absolute atomic E-state index is 12.0. The molecule has 8 nitrogen and oxygen atoms in total. The van der Waals surface area contributed by atoms with Crippen LogP contribution in [0.15, 0.2) is 6.20 Å². The van der Waals surface area contributed by atoms with Crippen molar-refractivity contribution in [2.75, 3.05) is 39.4 Å². The number of aromatic nitrogens is 3. The Morgan fingerprint density at radius 3 is 3.10 bits per heavy atom.